The summed E-state index contributed by atoms with van der Waals surface area (Å²) >= 11 is 0. The van der Waals surface area contributed by atoms with Crippen LogP contribution < -0.4 is 5.32 Å². The van der Waals surface area contributed by atoms with Crippen molar-refractivity contribution in [3.05, 3.63) is 12.2 Å². The quantitative estimate of drug-likeness (QED) is 0.774. The van der Waals surface area contributed by atoms with Gasteiger partial charge in [-0.25, -0.2) is 9.67 Å². The molecule has 0 radical (unpaired) electrons. The molecule has 80 valence electrons. The van der Waals surface area contributed by atoms with Gasteiger partial charge in [0.1, 0.15) is 12.2 Å². The lowest BCUT2D eigenvalue weighted by atomic mass is 10.2. The molecule has 0 aliphatic rings. The van der Waals surface area contributed by atoms with Gasteiger partial charge in [0.25, 0.3) is 0 Å². The summed E-state index contributed by atoms with van der Waals surface area (Å²) in [5.41, 5.74) is 0. The highest BCUT2D eigenvalue weighted by Gasteiger charge is 2.08. The summed E-state index contributed by atoms with van der Waals surface area (Å²) in [6.07, 6.45) is 3.72. The van der Waals surface area contributed by atoms with Crippen LogP contribution >= 0.6 is 0 Å². The monoisotopic (exact) mass is 196 g/mol. The van der Waals surface area contributed by atoms with Crippen LogP contribution in [0.5, 0.6) is 0 Å². The van der Waals surface area contributed by atoms with Crippen LogP contribution in [0, 0.1) is 0 Å². The van der Waals surface area contributed by atoms with Crippen LogP contribution in [0.2, 0.25) is 0 Å². The highest BCUT2D eigenvalue weighted by Crippen LogP contribution is 2.08. The van der Waals surface area contributed by atoms with Crippen molar-refractivity contribution < 1.29 is 0 Å². The summed E-state index contributed by atoms with van der Waals surface area (Å²) in [5, 5.41) is 7.42. The van der Waals surface area contributed by atoms with Gasteiger partial charge in [-0.2, -0.15) is 5.10 Å². The minimum Gasteiger partial charge on any atom is -0.317 e. The van der Waals surface area contributed by atoms with E-state index in [0.717, 1.165) is 18.7 Å². The lowest BCUT2D eigenvalue weighted by molar-refractivity contribution is 0.483. The van der Waals surface area contributed by atoms with Gasteiger partial charge in [-0.3, -0.25) is 0 Å². The summed E-state index contributed by atoms with van der Waals surface area (Å²) in [5.74, 6) is 1.09. The molecule has 0 saturated heterocycles. The molecular weight excluding hydrogens is 176 g/mol. The Labute approximate surface area is 85.7 Å². The van der Waals surface area contributed by atoms with Crippen molar-refractivity contribution in [3.63, 3.8) is 0 Å². The standard InChI is InChI=1S/C10H20N4/c1-8(2)14-10(12-7-13-14)6-5-9(3)11-4/h7-9,11H,5-6H2,1-4H3. The molecule has 0 spiro atoms. The Hall–Kier alpha value is -0.900. The average molecular weight is 196 g/mol. The van der Waals surface area contributed by atoms with Gasteiger partial charge in [-0.05, 0) is 34.2 Å². The zero-order chi connectivity index (χ0) is 10.6. The van der Waals surface area contributed by atoms with Gasteiger partial charge >= 0.3 is 0 Å². The summed E-state index contributed by atoms with van der Waals surface area (Å²) in [6, 6.07) is 0.935. The smallest absolute Gasteiger partial charge is 0.138 e. The maximum atomic E-state index is 4.27. The van der Waals surface area contributed by atoms with Gasteiger partial charge in [0.2, 0.25) is 0 Å². The summed E-state index contributed by atoms with van der Waals surface area (Å²) in [7, 11) is 1.98. The van der Waals surface area contributed by atoms with Crippen LogP contribution in [0.25, 0.3) is 0 Å². The molecule has 0 aliphatic carbocycles. The molecule has 0 saturated carbocycles. The fraction of sp³-hybridized carbons (Fsp3) is 0.800. The highest BCUT2D eigenvalue weighted by molar-refractivity contribution is 4.87. The largest absolute Gasteiger partial charge is 0.317 e. The molecule has 0 bridgehead atoms. The zero-order valence-electron chi connectivity index (χ0n) is 9.49. The van der Waals surface area contributed by atoms with Crippen molar-refractivity contribution in [2.45, 2.75) is 45.7 Å². The number of hydrogen-bond donors (Lipinski definition) is 1. The van der Waals surface area contributed by atoms with Gasteiger partial charge in [-0.15, -0.1) is 0 Å². The molecule has 4 nitrogen and oxygen atoms in total. The Morgan fingerprint density at radius 1 is 1.43 bits per heavy atom. The molecule has 1 N–H and O–H groups in total. The first-order valence-electron chi connectivity index (χ1n) is 5.20. The topological polar surface area (TPSA) is 42.7 Å². The molecule has 1 unspecified atom stereocenters. The number of nitrogens with zero attached hydrogens (tertiary/aromatic N) is 3. The molecule has 1 atom stereocenters. The fourth-order valence-corrected chi connectivity index (χ4v) is 1.37. The molecule has 1 heterocycles. The Morgan fingerprint density at radius 3 is 2.71 bits per heavy atom. The second-order valence-electron chi connectivity index (χ2n) is 3.94. The number of rotatable bonds is 5. The van der Waals surface area contributed by atoms with Crippen molar-refractivity contribution in [1.82, 2.24) is 20.1 Å². The minimum atomic E-state index is 0.400. The third-order valence-corrected chi connectivity index (χ3v) is 2.43. The first-order valence-corrected chi connectivity index (χ1v) is 5.20. The third kappa shape index (κ3) is 2.80. The van der Waals surface area contributed by atoms with Crippen LogP contribution in [-0.4, -0.2) is 27.9 Å². The molecule has 1 aromatic heterocycles. The second-order valence-corrected chi connectivity index (χ2v) is 3.94. The second kappa shape index (κ2) is 5.10. The van der Waals surface area contributed by atoms with E-state index in [0.29, 0.717) is 12.1 Å². The van der Waals surface area contributed by atoms with Crippen LogP contribution in [0.3, 0.4) is 0 Å². The predicted octanol–water partition coefficient (Wildman–Crippen LogP) is 1.40. The maximum absolute atomic E-state index is 4.27. The highest BCUT2D eigenvalue weighted by atomic mass is 15.3. The van der Waals surface area contributed by atoms with E-state index in [1.54, 1.807) is 6.33 Å². The minimum absolute atomic E-state index is 0.400. The third-order valence-electron chi connectivity index (χ3n) is 2.43. The van der Waals surface area contributed by atoms with Gasteiger partial charge in [-0.1, -0.05) is 0 Å². The average Bonchev–Trinajstić information content (AvgIpc) is 2.62. The van der Waals surface area contributed by atoms with Crippen LogP contribution in [-0.2, 0) is 6.42 Å². The molecule has 4 heteroatoms. The molecule has 0 amide bonds. The lowest BCUT2D eigenvalue weighted by Gasteiger charge is -2.12. The normalized spacial score (nSPS) is 13.5. The van der Waals surface area contributed by atoms with Gasteiger partial charge < -0.3 is 5.32 Å². The molecule has 0 fully saturated rings. The Bertz CT molecular complexity index is 267. The zero-order valence-corrected chi connectivity index (χ0v) is 9.49. The molecular formula is C10H20N4. The number of aryl methyl sites for hydroxylation is 1. The predicted molar refractivity (Wildman–Crippen MR) is 57.2 cm³/mol. The van der Waals surface area contributed by atoms with E-state index >= 15 is 0 Å². The van der Waals surface area contributed by atoms with E-state index in [9.17, 15) is 0 Å². The Kier molecular flexibility index (Phi) is 4.07. The Morgan fingerprint density at radius 2 is 2.14 bits per heavy atom. The van der Waals surface area contributed by atoms with E-state index in [1.165, 1.54) is 0 Å². The van der Waals surface area contributed by atoms with Crippen LogP contribution in [0.15, 0.2) is 6.33 Å². The number of aromatic nitrogens is 3. The van der Waals surface area contributed by atoms with Crippen molar-refractivity contribution in [1.29, 1.82) is 0 Å². The lowest BCUT2D eigenvalue weighted by Crippen LogP contribution is -2.22. The summed E-state index contributed by atoms with van der Waals surface area (Å²) in [6.45, 7) is 6.43. The van der Waals surface area contributed by atoms with Crippen molar-refractivity contribution in [2.24, 2.45) is 0 Å². The van der Waals surface area contributed by atoms with Crippen LogP contribution in [0.4, 0.5) is 0 Å². The SMILES string of the molecule is CNC(C)CCc1ncnn1C(C)C. The molecule has 1 rings (SSSR count). The van der Waals surface area contributed by atoms with E-state index < -0.39 is 0 Å². The van der Waals surface area contributed by atoms with Gasteiger partial charge in [0.05, 0.1) is 0 Å². The van der Waals surface area contributed by atoms with Crippen molar-refractivity contribution >= 4 is 0 Å². The van der Waals surface area contributed by atoms with Gasteiger partial charge in [0, 0.05) is 18.5 Å². The Balaban J connectivity index is 2.54. The van der Waals surface area contributed by atoms with Crippen molar-refractivity contribution in [2.75, 3.05) is 7.05 Å². The molecule has 14 heavy (non-hydrogen) atoms. The molecule has 1 aromatic rings. The van der Waals surface area contributed by atoms with E-state index in [4.69, 9.17) is 0 Å². The molecule has 0 aromatic carbocycles. The van der Waals surface area contributed by atoms with E-state index in [2.05, 4.69) is 36.2 Å². The number of nitrogens with one attached hydrogen (secondary N) is 1. The van der Waals surface area contributed by atoms with Crippen molar-refractivity contribution in [3.8, 4) is 0 Å². The first-order chi connectivity index (χ1) is 6.65. The number of hydrogen-bond acceptors (Lipinski definition) is 3. The fourth-order valence-electron chi connectivity index (χ4n) is 1.37. The van der Waals surface area contributed by atoms with Gasteiger partial charge in [0.15, 0.2) is 0 Å². The summed E-state index contributed by atoms with van der Waals surface area (Å²) in [4.78, 5) is 4.27. The maximum Gasteiger partial charge on any atom is 0.138 e. The molecule has 0 aliphatic heterocycles. The first kappa shape index (κ1) is 11.2. The van der Waals surface area contributed by atoms with Crippen LogP contribution in [0.1, 0.15) is 39.1 Å². The van der Waals surface area contributed by atoms with E-state index in [1.807, 2.05) is 11.7 Å². The van der Waals surface area contributed by atoms with E-state index in [-0.39, 0.29) is 0 Å². The summed E-state index contributed by atoms with van der Waals surface area (Å²) < 4.78 is 1.99.